The van der Waals surface area contributed by atoms with Gasteiger partial charge in [-0.3, -0.25) is 4.79 Å². The van der Waals surface area contributed by atoms with Gasteiger partial charge in [0.05, 0.1) is 6.61 Å². The Labute approximate surface area is 108 Å². The third-order valence-electron chi connectivity index (χ3n) is 2.15. The third kappa shape index (κ3) is 8.02. The Balaban J connectivity index is 4.27. The molecule has 0 aliphatic heterocycles. The highest BCUT2D eigenvalue weighted by molar-refractivity contribution is 6.17. The minimum absolute atomic E-state index is 0.149. The summed E-state index contributed by atoms with van der Waals surface area (Å²) in [5, 5.41) is 2.70. The molecule has 0 aliphatic carbocycles. The molecule has 4 nitrogen and oxygen atoms in total. The van der Waals surface area contributed by atoms with E-state index < -0.39 is 6.04 Å². The number of rotatable bonds is 8. The van der Waals surface area contributed by atoms with Crippen molar-refractivity contribution in [3.63, 3.8) is 0 Å². The van der Waals surface area contributed by atoms with Crippen molar-refractivity contribution in [1.82, 2.24) is 5.32 Å². The number of hydrogen-bond acceptors (Lipinski definition) is 3. The topological polar surface area (TPSA) is 55.4 Å². The van der Waals surface area contributed by atoms with E-state index in [1.54, 1.807) is 6.92 Å². The summed E-state index contributed by atoms with van der Waals surface area (Å²) >= 11 is 5.51. The van der Waals surface area contributed by atoms with E-state index in [0.29, 0.717) is 37.7 Å². The lowest BCUT2D eigenvalue weighted by molar-refractivity contribution is -0.147. The Hall–Kier alpha value is -0.770. The van der Waals surface area contributed by atoms with Gasteiger partial charge >= 0.3 is 5.97 Å². The van der Waals surface area contributed by atoms with Gasteiger partial charge < -0.3 is 10.1 Å². The molecule has 0 bridgehead atoms. The van der Waals surface area contributed by atoms with Gasteiger partial charge in [-0.2, -0.15) is 0 Å². The lowest BCUT2D eigenvalue weighted by atomic mass is 10.0. The van der Waals surface area contributed by atoms with Crippen molar-refractivity contribution in [3.05, 3.63) is 0 Å². The van der Waals surface area contributed by atoms with Crippen LogP contribution in [0, 0.1) is 5.92 Å². The van der Waals surface area contributed by atoms with E-state index in [9.17, 15) is 9.59 Å². The van der Waals surface area contributed by atoms with Gasteiger partial charge in [-0.05, 0) is 25.7 Å². The molecule has 0 aliphatic rings. The zero-order valence-corrected chi connectivity index (χ0v) is 11.5. The Morgan fingerprint density at radius 3 is 2.47 bits per heavy atom. The third-order valence-corrected chi connectivity index (χ3v) is 2.42. The largest absolute Gasteiger partial charge is 0.464 e. The Kier molecular flexibility index (Phi) is 8.86. The van der Waals surface area contributed by atoms with Crippen molar-refractivity contribution in [3.8, 4) is 0 Å². The predicted molar refractivity (Wildman–Crippen MR) is 68.0 cm³/mol. The highest BCUT2D eigenvalue weighted by atomic mass is 35.5. The summed E-state index contributed by atoms with van der Waals surface area (Å²) in [5.74, 6) is 0.254. The Bertz CT molecular complexity index is 244. The first-order chi connectivity index (χ1) is 8.01. The first-order valence-electron chi connectivity index (χ1n) is 6.03. The monoisotopic (exact) mass is 263 g/mol. The number of nitrogens with one attached hydrogen (secondary N) is 1. The summed E-state index contributed by atoms with van der Waals surface area (Å²) in [6, 6.07) is -0.544. The molecule has 0 fully saturated rings. The van der Waals surface area contributed by atoms with E-state index in [1.807, 2.05) is 13.8 Å². The summed E-state index contributed by atoms with van der Waals surface area (Å²) in [5.41, 5.74) is 0. The molecule has 0 aromatic rings. The van der Waals surface area contributed by atoms with Gasteiger partial charge in [-0.1, -0.05) is 13.8 Å². The smallest absolute Gasteiger partial charge is 0.328 e. The van der Waals surface area contributed by atoms with Crippen LogP contribution in [0.5, 0.6) is 0 Å². The van der Waals surface area contributed by atoms with E-state index in [0.717, 1.165) is 0 Å². The van der Waals surface area contributed by atoms with E-state index >= 15 is 0 Å². The van der Waals surface area contributed by atoms with Crippen LogP contribution in [0.15, 0.2) is 0 Å². The fraction of sp³-hybridized carbons (Fsp3) is 0.833. The van der Waals surface area contributed by atoms with Crippen molar-refractivity contribution < 1.29 is 14.3 Å². The molecule has 1 atom stereocenters. The molecule has 0 saturated heterocycles. The van der Waals surface area contributed by atoms with Crippen LogP contribution in [-0.2, 0) is 14.3 Å². The molecule has 1 amide bonds. The van der Waals surface area contributed by atoms with E-state index in [2.05, 4.69) is 5.32 Å². The molecule has 100 valence electrons. The van der Waals surface area contributed by atoms with Gasteiger partial charge in [-0.15, -0.1) is 11.6 Å². The summed E-state index contributed by atoms with van der Waals surface area (Å²) in [7, 11) is 0. The lowest BCUT2D eigenvalue weighted by Gasteiger charge is -2.18. The quantitative estimate of drug-likeness (QED) is 0.539. The van der Waals surface area contributed by atoms with E-state index in [4.69, 9.17) is 16.3 Å². The first kappa shape index (κ1) is 16.2. The maximum Gasteiger partial charge on any atom is 0.328 e. The van der Waals surface area contributed by atoms with Crippen LogP contribution in [0.25, 0.3) is 0 Å². The van der Waals surface area contributed by atoms with Crippen molar-refractivity contribution in [1.29, 1.82) is 0 Å². The number of halogens is 1. The summed E-state index contributed by atoms with van der Waals surface area (Å²) in [4.78, 5) is 23.2. The van der Waals surface area contributed by atoms with Crippen LogP contribution in [0.4, 0.5) is 0 Å². The summed E-state index contributed by atoms with van der Waals surface area (Å²) < 4.78 is 4.93. The van der Waals surface area contributed by atoms with Crippen LogP contribution >= 0.6 is 11.6 Å². The number of ether oxygens (including phenoxy) is 1. The van der Waals surface area contributed by atoms with Gasteiger partial charge in [-0.25, -0.2) is 4.79 Å². The maximum atomic E-state index is 11.6. The highest BCUT2D eigenvalue weighted by Crippen LogP contribution is 2.07. The molecule has 0 radical (unpaired) electrons. The van der Waals surface area contributed by atoms with Crippen LogP contribution in [0.3, 0.4) is 0 Å². The number of carbonyl (C=O) groups is 2. The van der Waals surface area contributed by atoms with E-state index in [-0.39, 0.29) is 11.9 Å². The standard InChI is InChI=1S/C12H22ClNO3/c1-4-17-12(16)10(8-9(2)3)14-11(15)6-5-7-13/h9-10H,4-8H2,1-3H3,(H,14,15). The first-order valence-corrected chi connectivity index (χ1v) is 6.56. The number of carbonyl (C=O) groups excluding carboxylic acids is 2. The van der Waals surface area contributed by atoms with Crippen LogP contribution < -0.4 is 5.32 Å². The Morgan fingerprint density at radius 1 is 1.35 bits per heavy atom. The summed E-state index contributed by atoms with van der Waals surface area (Å²) in [6.07, 6.45) is 1.55. The van der Waals surface area contributed by atoms with Crippen molar-refractivity contribution >= 4 is 23.5 Å². The zero-order valence-electron chi connectivity index (χ0n) is 10.8. The average molecular weight is 264 g/mol. The molecule has 0 spiro atoms. The molecule has 5 heteroatoms. The number of alkyl halides is 1. The van der Waals surface area contributed by atoms with Crippen LogP contribution in [-0.4, -0.2) is 30.4 Å². The Morgan fingerprint density at radius 2 is 2.00 bits per heavy atom. The zero-order chi connectivity index (χ0) is 13.3. The molecule has 0 heterocycles. The van der Waals surface area contributed by atoms with Gasteiger partial charge in [0, 0.05) is 12.3 Å². The predicted octanol–water partition coefficient (Wildman–Crippen LogP) is 2.10. The van der Waals surface area contributed by atoms with Crippen LogP contribution in [0.2, 0.25) is 0 Å². The van der Waals surface area contributed by atoms with Crippen LogP contribution in [0.1, 0.15) is 40.0 Å². The second-order valence-corrected chi connectivity index (χ2v) is 4.67. The maximum absolute atomic E-state index is 11.6. The lowest BCUT2D eigenvalue weighted by Crippen LogP contribution is -2.42. The molecule has 1 N–H and O–H groups in total. The molecule has 0 saturated carbocycles. The van der Waals surface area contributed by atoms with Crippen molar-refractivity contribution in [2.24, 2.45) is 5.92 Å². The van der Waals surface area contributed by atoms with Gasteiger partial charge in [0.1, 0.15) is 6.04 Å². The van der Waals surface area contributed by atoms with Crippen molar-refractivity contribution in [2.45, 2.75) is 46.1 Å². The summed E-state index contributed by atoms with van der Waals surface area (Å²) in [6.45, 7) is 6.07. The molecule has 0 aromatic carbocycles. The molecule has 0 aromatic heterocycles. The second-order valence-electron chi connectivity index (χ2n) is 4.29. The highest BCUT2D eigenvalue weighted by Gasteiger charge is 2.22. The van der Waals surface area contributed by atoms with Crippen molar-refractivity contribution in [2.75, 3.05) is 12.5 Å². The molecule has 17 heavy (non-hydrogen) atoms. The average Bonchev–Trinajstić information content (AvgIpc) is 2.25. The SMILES string of the molecule is CCOC(=O)C(CC(C)C)NC(=O)CCCCl. The van der Waals surface area contributed by atoms with Gasteiger partial charge in [0.2, 0.25) is 5.91 Å². The minimum atomic E-state index is -0.544. The number of hydrogen-bond donors (Lipinski definition) is 1. The van der Waals surface area contributed by atoms with E-state index in [1.165, 1.54) is 0 Å². The molecule has 0 rings (SSSR count). The normalized spacial score (nSPS) is 12.3. The van der Waals surface area contributed by atoms with Gasteiger partial charge in [0.25, 0.3) is 0 Å². The minimum Gasteiger partial charge on any atom is -0.464 e. The molecular weight excluding hydrogens is 242 g/mol. The number of esters is 1. The molecule has 1 unspecified atom stereocenters. The molecular formula is C12H22ClNO3. The fourth-order valence-electron chi connectivity index (χ4n) is 1.42. The fourth-order valence-corrected chi connectivity index (χ4v) is 1.56. The second kappa shape index (κ2) is 9.28. The van der Waals surface area contributed by atoms with Gasteiger partial charge in [0.15, 0.2) is 0 Å². The number of amides is 1.